The Balaban J connectivity index is 1.68. The summed E-state index contributed by atoms with van der Waals surface area (Å²) >= 11 is 8.23. The van der Waals surface area contributed by atoms with E-state index >= 15 is 0 Å². The Morgan fingerprint density at radius 2 is 2.05 bits per heavy atom. The van der Waals surface area contributed by atoms with Crippen molar-refractivity contribution in [1.82, 2.24) is 4.98 Å². The second kappa shape index (κ2) is 8.02. The highest BCUT2D eigenvalue weighted by atomic mass is 79.9. The van der Waals surface area contributed by atoms with Crippen LogP contribution in [0.15, 0.2) is 38.2 Å². The largest absolute Gasteiger partial charge is 0.373 e. The fraction of sp³-hybridized carbons (Fsp3) is 0.286. The molecule has 0 bridgehead atoms. The lowest BCUT2D eigenvalue weighted by Gasteiger charge is -2.03. The van der Waals surface area contributed by atoms with Crippen LogP contribution in [0.4, 0.5) is 0 Å². The van der Waals surface area contributed by atoms with Gasteiger partial charge in [-0.25, -0.2) is 0 Å². The fourth-order valence-electron chi connectivity index (χ4n) is 1.70. The summed E-state index contributed by atoms with van der Waals surface area (Å²) in [7, 11) is 0. The smallest absolute Gasteiger partial charge is 0.190 e. The number of aryl methyl sites for hydroxylation is 1. The minimum Gasteiger partial charge on any atom is -0.373 e. The van der Waals surface area contributed by atoms with Crippen molar-refractivity contribution in [3.05, 3.63) is 49.3 Å². The quantitative estimate of drug-likeness (QED) is 0.490. The number of thiophene rings is 1. The van der Waals surface area contributed by atoms with E-state index in [0.29, 0.717) is 12.2 Å². The topological polar surface area (TPSA) is 39.2 Å². The van der Waals surface area contributed by atoms with Crippen LogP contribution >= 0.6 is 43.2 Å². The van der Waals surface area contributed by atoms with Crippen LogP contribution in [0, 0.1) is 0 Å². The van der Waals surface area contributed by atoms with Crippen molar-refractivity contribution in [2.75, 3.05) is 13.2 Å². The molecule has 0 aliphatic rings. The number of halogens is 2. The molecule has 2 aromatic rings. The van der Waals surface area contributed by atoms with E-state index in [2.05, 4.69) is 36.8 Å². The van der Waals surface area contributed by atoms with Gasteiger partial charge in [0.2, 0.25) is 0 Å². The van der Waals surface area contributed by atoms with Gasteiger partial charge in [0, 0.05) is 24.6 Å². The predicted octanol–water partition coefficient (Wildman–Crippen LogP) is 4.50. The molecule has 106 valence electrons. The van der Waals surface area contributed by atoms with Gasteiger partial charge in [-0.3, -0.25) is 9.78 Å². The molecular formula is C14H13Br2NO2S. The van der Waals surface area contributed by atoms with Gasteiger partial charge in [0.05, 0.1) is 7.57 Å². The molecule has 0 radical (unpaired) electrons. The van der Waals surface area contributed by atoms with E-state index in [1.54, 1.807) is 12.4 Å². The minimum atomic E-state index is 0.00253. The number of ketones is 1. The minimum absolute atomic E-state index is 0.00253. The van der Waals surface area contributed by atoms with E-state index in [9.17, 15) is 4.79 Å². The molecule has 0 spiro atoms. The molecule has 20 heavy (non-hydrogen) atoms. The van der Waals surface area contributed by atoms with Crippen molar-refractivity contribution < 1.29 is 9.53 Å². The normalized spacial score (nSPS) is 10.7. The number of ether oxygens (including phenoxy) is 1. The van der Waals surface area contributed by atoms with Crippen LogP contribution < -0.4 is 0 Å². The van der Waals surface area contributed by atoms with Gasteiger partial charge in [0.15, 0.2) is 5.78 Å². The number of hydrogen-bond acceptors (Lipinski definition) is 4. The molecule has 0 unspecified atom stereocenters. The Morgan fingerprint density at radius 1 is 1.30 bits per heavy atom. The Bertz CT molecular complexity index is 572. The van der Waals surface area contributed by atoms with Crippen molar-refractivity contribution >= 4 is 49.0 Å². The molecule has 6 heteroatoms. The van der Waals surface area contributed by atoms with Gasteiger partial charge >= 0.3 is 0 Å². The van der Waals surface area contributed by atoms with E-state index in [1.165, 1.54) is 16.9 Å². The van der Waals surface area contributed by atoms with Crippen molar-refractivity contribution in [3.8, 4) is 0 Å². The van der Waals surface area contributed by atoms with E-state index in [0.717, 1.165) is 20.4 Å². The molecule has 0 fully saturated rings. The summed E-state index contributed by atoms with van der Waals surface area (Å²) in [5.41, 5.74) is 1.91. The highest BCUT2D eigenvalue weighted by Gasteiger charge is 2.13. The van der Waals surface area contributed by atoms with Gasteiger partial charge in [-0.15, -0.1) is 11.3 Å². The molecule has 3 nitrogen and oxygen atoms in total. The maximum Gasteiger partial charge on any atom is 0.190 e. The van der Waals surface area contributed by atoms with Crippen molar-refractivity contribution in [3.63, 3.8) is 0 Å². The summed E-state index contributed by atoms with van der Waals surface area (Å²) in [6, 6.07) is 5.80. The van der Waals surface area contributed by atoms with Crippen LogP contribution in [0.25, 0.3) is 0 Å². The molecule has 2 aromatic heterocycles. The maximum atomic E-state index is 11.9. The average Bonchev–Trinajstić information content (AvgIpc) is 2.78. The highest BCUT2D eigenvalue weighted by molar-refractivity contribution is 9.12. The summed E-state index contributed by atoms with van der Waals surface area (Å²) < 4.78 is 7.22. The lowest BCUT2D eigenvalue weighted by Crippen LogP contribution is -2.09. The molecule has 0 aliphatic heterocycles. The van der Waals surface area contributed by atoms with Crippen LogP contribution in [0.1, 0.15) is 22.3 Å². The Morgan fingerprint density at radius 3 is 2.70 bits per heavy atom. The van der Waals surface area contributed by atoms with Crippen molar-refractivity contribution in [1.29, 1.82) is 0 Å². The SMILES string of the molecule is O=C(COCCCc1ccncc1)c1cc(Br)sc1Br. The Labute approximate surface area is 138 Å². The van der Waals surface area contributed by atoms with E-state index in [1.807, 2.05) is 18.2 Å². The predicted molar refractivity (Wildman–Crippen MR) is 87.4 cm³/mol. The van der Waals surface area contributed by atoms with Gasteiger partial charge in [-0.2, -0.15) is 0 Å². The third-order valence-electron chi connectivity index (χ3n) is 2.69. The summed E-state index contributed by atoms with van der Waals surface area (Å²) in [5.74, 6) is 0.00253. The second-order valence-electron chi connectivity index (χ2n) is 4.17. The van der Waals surface area contributed by atoms with Crippen LogP contribution in [-0.2, 0) is 11.2 Å². The zero-order chi connectivity index (χ0) is 14.4. The lowest BCUT2D eigenvalue weighted by atomic mass is 10.1. The first-order valence-corrected chi connectivity index (χ1v) is 8.52. The Kier molecular flexibility index (Phi) is 6.35. The lowest BCUT2D eigenvalue weighted by molar-refractivity contribution is 0.0756. The van der Waals surface area contributed by atoms with Gasteiger partial charge in [-0.05, 0) is 68.5 Å². The number of rotatable bonds is 7. The molecular weight excluding hydrogens is 406 g/mol. The highest BCUT2D eigenvalue weighted by Crippen LogP contribution is 2.32. The van der Waals surface area contributed by atoms with Crippen molar-refractivity contribution in [2.45, 2.75) is 12.8 Å². The number of carbonyl (C=O) groups is 1. The summed E-state index contributed by atoms with van der Waals surface area (Å²) in [4.78, 5) is 15.9. The third kappa shape index (κ3) is 4.77. The van der Waals surface area contributed by atoms with E-state index < -0.39 is 0 Å². The first-order valence-electron chi connectivity index (χ1n) is 6.11. The van der Waals surface area contributed by atoms with Crippen LogP contribution in [-0.4, -0.2) is 24.0 Å². The van der Waals surface area contributed by atoms with Crippen LogP contribution in [0.5, 0.6) is 0 Å². The molecule has 0 saturated heterocycles. The Hall–Kier alpha value is -0.560. The number of nitrogens with zero attached hydrogens (tertiary/aromatic N) is 1. The van der Waals surface area contributed by atoms with Gasteiger partial charge in [-0.1, -0.05) is 0 Å². The van der Waals surface area contributed by atoms with Crippen LogP contribution in [0.3, 0.4) is 0 Å². The first-order chi connectivity index (χ1) is 9.66. The summed E-state index contributed by atoms with van der Waals surface area (Å²) in [5, 5.41) is 0. The number of hydrogen-bond donors (Lipinski definition) is 0. The van der Waals surface area contributed by atoms with Crippen molar-refractivity contribution in [2.24, 2.45) is 0 Å². The van der Waals surface area contributed by atoms with E-state index in [4.69, 9.17) is 4.74 Å². The zero-order valence-electron chi connectivity index (χ0n) is 10.6. The summed E-state index contributed by atoms with van der Waals surface area (Å²) in [6.45, 7) is 0.703. The maximum absolute atomic E-state index is 11.9. The number of aromatic nitrogens is 1. The fourth-order valence-corrected chi connectivity index (χ4v) is 4.56. The number of carbonyl (C=O) groups excluding carboxylic acids is 1. The van der Waals surface area contributed by atoms with Crippen LogP contribution in [0.2, 0.25) is 0 Å². The van der Waals surface area contributed by atoms with Gasteiger partial charge < -0.3 is 4.74 Å². The number of pyridine rings is 1. The molecule has 0 saturated carbocycles. The molecule has 0 amide bonds. The molecule has 0 aromatic carbocycles. The standard InChI is InChI=1S/C14H13Br2NO2S/c15-13-8-11(14(16)20-13)12(18)9-19-7-1-2-10-3-5-17-6-4-10/h3-6,8H,1-2,7,9H2. The zero-order valence-corrected chi connectivity index (χ0v) is 14.6. The second-order valence-corrected chi connectivity index (χ2v) is 7.92. The molecule has 0 atom stereocenters. The third-order valence-corrected chi connectivity index (χ3v) is 5.03. The molecule has 0 aliphatic carbocycles. The molecule has 2 rings (SSSR count). The molecule has 2 heterocycles. The van der Waals surface area contributed by atoms with E-state index in [-0.39, 0.29) is 12.4 Å². The monoisotopic (exact) mass is 417 g/mol. The average molecular weight is 419 g/mol. The van der Waals surface area contributed by atoms with Gasteiger partial charge in [0.25, 0.3) is 0 Å². The number of Topliss-reactive ketones (excluding diaryl/α,β-unsaturated/α-hetero) is 1. The molecule has 0 N–H and O–H groups in total. The summed E-state index contributed by atoms with van der Waals surface area (Å²) in [6.07, 6.45) is 5.40. The van der Waals surface area contributed by atoms with Gasteiger partial charge in [0.1, 0.15) is 6.61 Å². The first kappa shape index (κ1) is 15.8.